The topological polar surface area (TPSA) is 81.1 Å². The summed E-state index contributed by atoms with van der Waals surface area (Å²) in [6, 6.07) is 6.00. The summed E-state index contributed by atoms with van der Waals surface area (Å²) in [7, 11) is 1.60. The quantitative estimate of drug-likeness (QED) is 0.848. The van der Waals surface area contributed by atoms with Crippen molar-refractivity contribution in [2.24, 2.45) is 0 Å². The van der Waals surface area contributed by atoms with Crippen molar-refractivity contribution < 1.29 is 19.8 Å². The lowest BCUT2D eigenvalue weighted by Crippen LogP contribution is -2.47. The Morgan fingerprint density at radius 2 is 2.10 bits per heavy atom. The second-order valence-corrected chi connectivity index (χ2v) is 5.08. The van der Waals surface area contributed by atoms with Crippen molar-refractivity contribution in [3.8, 4) is 0 Å². The highest BCUT2D eigenvalue weighted by Crippen LogP contribution is 2.22. The molecular weight excluding hydrogens is 260 g/mol. The highest BCUT2D eigenvalue weighted by molar-refractivity contribution is 5.94. The largest absolute Gasteiger partial charge is 0.480 e. The maximum absolute atomic E-state index is 12.4. The van der Waals surface area contributed by atoms with Crippen molar-refractivity contribution in [3.63, 3.8) is 0 Å². The molecule has 0 bridgehead atoms. The summed E-state index contributed by atoms with van der Waals surface area (Å²) in [5.41, 5.74) is 1.71. The molecule has 108 valence electrons. The number of aryl methyl sites for hydroxylation is 1. The molecule has 0 aliphatic carbocycles. The SMILES string of the molecule is Cc1cccc(N(C)C(=O)N2C[C@H](O)C[C@@H]2C(=O)O)c1. The fraction of sp³-hybridized carbons (Fsp3) is 0.429. The summed E-state index contributed by atoms with van der Waals surface area (Å²) >= 11 is 0. The number of hydrogen-bond acceptors (Lipinski definition) is 3. The number of carbonyl (C=O) groups is 2. The summed E-state index contributed by atoms with van der Waals surface area (Å²) in [4.78, 5) is 26.2. The molecule has 0 unspecified atom stereocenters. The van der Waals surface area contributed by atoms with E-state index in [0.717, 1.165) is 5.56 Å². The van der Waals surface area contributed by atoms with Gasteiger partial charge in [0.15, 0.2) is 0 Å². The molecule has 1 heterocycles. The summed E-state index contributed by atoms with van der Waals surface area (Å²) in [6.07, 6.45) is -0.714. The number of aliphatic hydroxyl groups excluding tert-OH is 1. The molecule has 1 aliphatic heterocycles. The van der Waals surface area contributed by atoms with Gasteiger partial charge in [0, 0.05) is 25.7 Å². The van der Waals surface area contributed by atoms with E-state index in [1.165, 1.54) is 9.80 Å². The van der Waals surface area contributed by atoms with E-state index in [1.807, 2.05) is 25.1 Å². The normalized spacial score (nSPS) is 21.9. The third kappa shape index (κ3) is 2.75. The van der Waals surface area contributed by atoms with Crippen LogP contribution >= 0.6 is 0 Å². The van der Waals surface area contributed by atoms with E-state index in [4.69, 9.17) is 5.11 Å². The number of benzene rings is 1. The number of carboxylic acids is 1. The molecule has 2 N–H and O–H groups in total. The van der Waals surface area contributed by atoms with E-state index >= 15 is 0 Å². The average Bonchev–Trinajstić information content (AvgIpc) is 2.79. The third-order valence-electron chi connectivity index (χ3n) is 3.49. The molecule has 0 spiro atoms. The Bertz CT molecular complexity index is 532. The molecule has 1 aromatic carbocycles. The first-order chi connectivity index (χ1) is 9.40. The van der Waals surface area contributed by atoms with Gasteiger partial charge in [-0.3, -0.25) is 4.90 Å². The third-order valence-corrected chi connectivity index (χ3v) is 3.49. The van der Waals surface area contributed by atoms with Crippen LogP contribution in [0.25, 0.3) is 0 Å². The first-order valence-corrected chi connectivity index (χ1v) is 6.42. The van der Waals surface area contributed by atoms with Crippen LogP contribution in [0.1, 0.15) is 12.0 Å². The van der Waals surface area contributed by atoms with E-state index in [9.17, 15) is 14.7 Å². The number of carbonyl (C=O) groups excluding carboxylic acids is 1. The monoisotopic (exact) mass is 278 g/mol. The van der Waals surface area contributed by atoms with Gasteiger partial charge in [-0.2, -0.15) is 0 Å². The Hall–Kier alpha value is -2.08. The summed E-state index contributed by atoms with van der Waals surface area (Å²) in [6.45, 7) is 1.97. The minimum atomic E-state index is -1.09. The van der Waals surface area contributed by atoms with Crippen molar-refractivity contribution in [2.45, 2.75) is 25.5 Å². The van der Waals surface area contributed by atoms with E-state index in [2.05, 4.69) is 0 Å². The Morgan fingerprint density at radius 3 is 2.70 bits per heavy atom. The van der Waals surface area contributed by atoms with Crippen LogP contribution in [0, 0.1) is 6.92 Å². The zero-order valence-electron chi connectivity index (χ0n) is 11.5. The van der Waals surface area contributed by atoms with Crippen LogP contribution in [-0.2, 0) is 4.79 Å². The van der Waals surface area contributed by atoms with Crippen LogP contribution in [0.15, 0.2) is 24.3 Å². The van der Waals surface area contributed by atoms with Crippen molar-refractivity contribution in [3.05, 3.63) is 29.8 Å². The maximum atomic E-state index is 12.4. The highest BCUT2D eigenvalue weighted by Gasteiger charge is 2.40. The van der Waals surface area contributed by atoms with Gasteiger partial charge in [-0.05, 0) is 24.6 Å². The molecule has 1 aromatic rings. The van der Waals surface area contributed by atoms with Crippen LogP contribution in [0.2, 0.25) is 0 Å². The highest BCUT2D eigenvalue weighted by atomic mass is 16.4. The van der Waals surface area contributed by atoms with Crippen molar-refractivity contribution in [1.29, 1.82) is 0 Å². The Morgan fingerprint density at radius 1 is 1.40 bits per heavy atom. The van der Waals surface area contributed by atoms with Crippen LogP contribution in [-0.4, -0.2) is 52.9 Å². The molecule has 1 aliphatic rings. The Balaban J connectivity index is 2.20. The smallest absolute Gasteiger partial charge is 0.326 e. The summed E-state index contributed by atoms with van der Waals surface area (Å²) in [5.74, 6) is -1.09. The number of β-amino-alcohol motifs (C(OH)–C–C–N with tert-alkyl or cyclic N) is 1. The maximum Gasteiger partial charge on any atom is 0.326 e. The number of anilines is 1. The van der Waals surface area contributed by atoms with Crippen molar-refractivity contribution in [2.75, 3.05) is 18.5 Å². The van der Waals surface area contributed by atoms with Crippen LogP contribution in [0.5, 0.6) is 0 Å². The fourth-order valence-electron chi connectivity index (χ4n) is 2.40. The lowest BCUT2D eigenvalue weighted by atomic mass is 10.2. The Kier molecular flexibility index (Phi) is 3.94. The van der Waals surface area contributed by atoms with Gasteiger partial charge in [-0.15, -0.1) is 0 Å². The molecule has 1 fully saturated rings. The molecule has 2 amide bonds. The lowest BCUT2D eigenvalue weighted by molar-refractivity contribution is -0.141. The van der Waals surface area contributed by atoms with E-state index < -0.39 is 24.1 Å². The van der Waals surface area contributed by atoms with Crippen molar-refractivity contribution in [1.82, 2.24) is 4.90 Å². The molecule has 0 radical (unpaired) electrons. The molecule has 2 rings (SSSR count). The van der Waals surface area contributed by atoms with Gasteiger partial charge in [0.05, 0.1) is 6.10 Å². The van der Waals surface area contributed by atoms with E-state index in [1.54, 1.807) is 13.1 Å². The van der Waals surface area contributed by atoms with Gasteiger partial charge < -0.3 is 15.1 Å². The number of aliphatic hydroxyl groups is 1. The van der Waals surface area contributed by atoms with Gasteiger partial charge in [-0.1, -0.05) is 12.1 Å². The second kappa shape index (κ2) is 5.50. The van der Waals surface area contributed by atoms with Gasteiger partial charge in [0.2, 0.25) is 0 Å². The predicted octanol–water partition coefficient (Wildman–Crippen LogP) is 1.07. The average molecular weight is 278 g/mol. The minimum absolute atomic E-state index is 0.0476. The number of likely N-dealkylation sites (tertiary alicyclic amines) is 1. The van der Waals surface area contributed by atoms with Crippen LogP contribution in [0.3, 0.4) is 0 Å². The molecule has 1 saturated heterocycles. The summed E-state index contributed by atoms with van der Waals surface area (Å²) < 4.78 is 0. The zero-order valence-corrected chi connectivity index (χ0v) is 11.5. The number of amides is 2. The van der Waals surface area contributed by atoms with Crippen molar-refractivity contribution >= 4 is 17.7 Å². The molecule has 6 nitrogen and oxygen atoms in total. The number of nitrogens with zero attached hydrogens (tertiary/aromatic N) is 2. The molecular formula is C14H18N2O4. The van der Waals surface area contributed by atoms with E-state index in [-0.39, 0.29) is 13.0 Å². The molecule has 0 saturated carbocycles. The van der Waals surface area contributed by atoms with Gasteiger partial charge in [0.25, 0.3) is 0 Å². The van der Waals surface area contributed by atoms with E-state index in [0.29, 0.717) is 5.69 Å². The lowest BCUT2D eigenvalue weighted by Gasteiger charge is -2.27. The van der Waals surface area contributed by atoms with Crippen LogP contribution < -0.4 is 4.90 Å². The molecule has 6 heteroatoms. The standard InChI is InChI=1S/C14H18N2O4/c1-9-4-3-5-10(6-9)15(2)14(20)16-8-11(17)7-12(16)13(18)19/h3-6,11-12,17H,7-8H2,1-2H3,(H,18,19)/t11-,12-/m1/s1. The summed E-state index contributed by atoms with van der Waals surface area (Å²) in [5, 5.41) is 18.7. The van der Waals surface area contributed by atoms with Gasteiger partial charge in [-0.25, -0.2) is 9.59 Å². The first-order valence-electron chi connectivity index (χ1n) is 6.42. The number of rotatable bonds is 2. The van der Waals surface area contributed by atoms with Gasteiger partial charge >= 0.3 is 12.0 Å². The second-order valence-electron chi connectivity index (χ2n) is 5.08. The molecule has 20 heavy (non-hydrogen) atoms. The number of aliphatic carboxylic acids is 1. The molecule has 0 aromatic heterocycles. The van der Waals surface area contributed by atoms with Crippen LogP contribution in [0.4, 0.5) is 10.5 Å². The number of urea groups is 1. The number of carboxylic acid groups (broad SMARTS) is 1. The Labute approximate surface area is 117 Å². The first kappa shape index (κ1) is 14.3. The van der Waals surface area contributed by atoms with Gasteiger partial charge in [0.1, 0.15) is 6.04 Å². The minimum Gasteiger partial charge on any atom is -0.480 e. The molecule has 2 atom stereocenters. The fourth-order valence-corrected chi connectivity index (χ4v) is 2.40. The number of hydrogen-bond donors (Lipinski definition) is 2. The predicted molar refractivity (Wildman–Crippen MR) is 73.7 cm³/mol. The zero-order chi connectivity index (χ0) is 14.9.